The molecule has 0 unspecified atom stereocenters. The summed E-state index contributed by atoms with van der Waals surface area (Å²) in [7, 11) is -3.83. The van der Waals surface area contributed by atoms with Crippen LogP contribution in [-0.4, -0.2) is 52.0 Å². The molecule has 0 bridgehead atoms. The van der Waals surface area contributed by atoms with Gasteiger partial charge in [0.15, 0.2) is 6.61 Å². The van der Waals surface area contributed by atoms with E-state index < -0.39 is 15.8 Å². The normalized spacial score (nSPS) is 14.0. The molecular formula is C26H28FN3O4S. The van der Waals surface area contributed by atoms with Gasteiger partial charge in [0, 0.05) is 37.6 Å². The number of sulfonamides is 1. The van der Waals surface area contributed by atoms with Crippen LogP contribution >= 0.6 is 0 Å². The van der Waals surface area contributed by atoms with Crippen molar-refractivity contribution < 1.29 is 22.3 Å². The average Bonchev–Trinajstić information content (AvgIpc) is 2.86. The smallest absolute Gasteiger partial charge is 0.261 e. The number of aryl methyl sites for hydroxylation is 1. The van der Waals surface area contributed by atoms with Crippen LogP contribution in [0.2, 0.25) is 0 Å². The van der Waals surface area contributed by atoms with Crippen LogP contribution in [-0.2, 0) is 14.8 Å². The first-order valence-electron chi connectivity index (χ1n) is 11.3. The van der Waals surface area contributed by atoms with Crippen molar-refractivity contribution in [3.63, 3.8) is 0 Å². The fourth-order valence-electron chi connectivity index (χ4n) is 3.96. The molecule has 1 aliphatic heterocycles. The van der Waals surface area contributed by atoms with Gasteiger partial charge < -0.3 is 14.5 Å². The number of nitrogens with one attached hydrogen (secondary N) is 1. The first kappa shape index (κ1) is 24.5. The quantitative estimate of drug-likeness (QED) is 0.535. The number of rotatable bonds is 7. The Kier molecular flexibility index (Phi) is 7.25. The molecule has 0 aromatic heterocycles. The van der Waals surface area contributed by atoms with Gasteiger partial charge in [-0.05, 0) is 79.6 Å². The molecule has 3 aromatic carbocycles. The summed E-state index contributed by atoms with van der Waals surface area (Å²) < 4.78 is 46.1. The van der Waals surface area contributed by atoms with Gasteiger partial charge in [0.1, 0.15) is 11.6 Å². The first-order valence-corrected chi connectivity index (χ1v) is 12.8. The minimum Gasteiger partial charge on any atom is -0.484 e. The van der Waals surface area contributed by atoms with E-state index in [2.05, 4.69) is 41.7 Å². The van der Waals surface area contributed by atoms with E-state index in [1.54, 1.807) is 4.90 Å². The number of amides is 1. The first-order chi connectivity index (χ1) is 16.7. The van der Waals surface area contributed by atoms with Gasteiger partial charge in [0.2, 0.25) is 0 Å². The number of piperazine rings is 1. The van der Waals surface area contributed by atoms with Gasteiger partial charge in [0.25, 0.3) is 15.9 Å². The summed E-state index contributed by atoms with van der Waals surface area (Å²) in [5, 5.41) is 0. The van der Waals surface area contributed by atoms with E-state index in [-0.39, 0.29) is 23.1 Å². The Bertz CT molecular complexity index is 1290. The number of benzene rings is 3. The molecule has 0 atom stereocenters. The Morgan fingerprint density at radius 2 is 1.60 bits per heavy atom. The Labute approximate surface area is 205 Å². The zero-order chi connectivity index (χ0) is 25.0. The van der Waals surface area contributed by atoms with Crippen molar-refractivity contribution in [1.29, 1.82) is 0 Å². The number of carbonyl (C=O) groups is 1. The highest BCUT2D eigenvalue weighted by molar-refractivity contribution is 7.92. The van der Waals surface area contributed by atoms with Crippen LogP contribution in [0.1, 0.15) is 11.1 Å². The van der Waals surface area contributed by atoms with Gasteiger partial charge in [-0.1, -0.05) is 12.1 Å². The summed E-state index contributed by atoms with van der Waals surface area (Å²) >= 11 is 0. The Hall–Kier alpha value is -3.59. The van der Waals surface area contributed by atoms with E-state index in [4.69, 9.17) is 4.74 Å². The molecule has 0 aliphatic carbocycles. The highest BCUT2D eigenvalue weighted by atomic mass is 32.2. The molecule has 1 amide bonds. The topological polar surface area (TPSA) is 79.0 Å². The number of hydrogen-bond acceptors (Lipinski definition) is 5. The zero-order valence-electron chi connectivity index (χ0n) is 19.7. The largest absolute Gasteiger partial charge is 0.484 e. The fraction of sp³-hybridized carbons (Fsp3) is 0.269. The van der Waals surface area contributed by atoms with Crippen molar-refractivity contribution in [2.75, 3.05) is 42.4 Å². The van der Waals surface area contributed by atoms with Gasteiger partial charge >= 0.3 is 0 Å². The molecule has 7 nitrogen and oxygen atoms in total. The Balaban J connectivity index is 1.28. The molecule has 0 spiro atoms. The van der Waals surface area contributed by atoms with E-state index in [1.807, 2.05) is 0 Å². The average molecular weight is 498 g/mol. The number of hydrogen-bond donors (Lipinski definition) is 1. The predicted molar refractivity (Wildman–Crippen MR) is 134 cm³/mol. The monoisotopic (exact) mass is 497 g/mol. The van der Waals surface area contributed by atoms with E-state index in [9.17, 15) is 17.6 Å². The van der Waals surface area contributed by atoms with Crippen molar-refractivity contribution in [1.82, 2.24) is 4.90 Å². The number of carbonyl (C=O) groups excluding carboxylic acids is 1. The molecule has 1 saturated heterocycles. The van der Waals surface area contributed by atoms with Crippen LogP contribution in [0.3, 0.4) is 0 Å². The lowest BCUT2D eigenvalue weighted by molar-refractivity contribution is -0.133. The lowest BCUT2D eigenvalue weighted by atomic mass is 10.1. The summed E-state index contributed by atoms with van der Waals surface area (Å²) in [6, 6.07) is 17.1. The van der Waals surface area contributed by atoms with Gasteiger partial charge in [-0.15, -0.1) is 0 Å². The summed E-state index contributed by atoms with van der Waals surface area (Å²) in [5.41, 5.74) is 3.97. The predicted octanol–water partition coefficient (Wildman–Crippen LogP) is 3.97. The maximum atomic E-state index is 13.0. The van der Waals surface area contributed by atoms with Crippen molar-refractivity contribution in [3.8, 4) is 5.75 Å². The number of nitrogens with zero attached hydrogens (tertiary/aromatic N) is 2. The van der Waals surface area contributed by atoms with E-state index in [0.29, 0.717) is 18.8 Å². The van der Waals surface area contributed by atoms with Crippen LogP contribution in [0.25, 0.3) is 0 Å². The minimum atomic E-state index is -3.83. The third-order valence-corrected chi connectivity index (χ3v) is 7.54. The van der Waals surface area contributed by atoms with Crippen LogP contribution < -0.4 is 14.4 Å². The van der Waals surface area contributed by atoms with Gasteiger partial charge in [-0.3, -0.25) is 9.52 Å². The molecular weight excluding hydrogens is 469 g/mol. The maximum absolute atomic E-state index is 13.0. The molecule has 1 heterocycles. The standard InChI is InChI=1S/C26H28FN3O4S/c1-19-4-3-5-25(20(19)2)29-14-16-30(17-15-29)26(31)18-34-23-10-12-24(13-11-23)35(32,33)28-22-8-6-21(27)7-9-22/h3-13,28H,14-18H2,1-2H3. The summed E-state index contributed by atoms with van der Waals surface area (Å²) in [6.07, 6.45) is 0. The highest BCUT2D eigenvalue weighted by Crippen LogP contribution is 2.24. The molecule has 0 radical (unpaired) electrons. The van der Waals surface area contributed by atoms with Gasteiger partial charge in [-0.25, -0.2) is 12.8 Å². The number of anilines is 2. The molecule has 184 valence electrons. The zero-order valence-corrected chi connectivity index (χ0v) is 20.5. The minimum absolute atomic E-state index is 0.0306. The van der Waals surface area contributed by atoms with Crippen LogP contribution in [0.15, 0.2) is 71.6 Å². The fourth-order valence-corrected chi connectivity index (χ4v) is 5.02. The maximum Gasteiger partial charge on any atom is 0.261 e. The highest BCUT2D eigenvalue weighted by Gasteiger charge is 2.23. The molecule has 1 fully saturated rings. The molecule has 1 aliphatic rings. The van der Waals surface area contributed by atoms with Crippen LogP contribution in [0, 0.1) is 19.7 Å². The second-order valence-corrected chi connectivity index (χ2v) is 10.1. The van der Waals surface area contributed by atoms with Crippen molar-refractivity contribution >= 4 is 27.3 Å². The lowest BCUT2D eigenvalue weighted by Crippen LogP contribution is -2.50. The molecule has 0 saturated carbocycles. The van der Waals surface area contributed by atoms with Gasteiger partial charge in [-0.2, -0.15) is 0 Å². The van der Waals surface area contributed by atoms with E-state index in [1.165, 1.54) is 65.3 Å². The van der Waals surface area contributed by atoms with Crippen LogP contribution in [0.4, 0.5) is 15.8 Å². The summed E-state index contributed by atoms with van der Waals surface area (Å²) in [5.74, 6) is -0.166. The number of halogens is 1. The summed E-state index contributed by atoms with van der Waals surface area (Å²) in [4.78, 5) is 16.8. The SMILES string of the molecule is Cc1cccc(N2CCN(C(=O)COc3ccc(S(=O)(=O)Nc4ccc(F)cc4)cc3)CC2)c1C. The van der Waals surface area contributed by atoms with Crippen molar-refractivity contribution in [2.45, 2.75) is 18.7 Å². The third-order valence-electron chi connectivity index (χ3n) is 6.14. The van der Waals surface area contributed by atoms with E-state index in [0.717, 1.165) is 13.1 Å². The molecule has 1 N–H and O–H groups in total. The third kappa shape index (κ3) is 5.92. The van der Waals surface area contributed by atoms with Crippen molar-refractivity contribution in [3.05, 3.63) is 83.7 Å². The Morgan fingerprint density at radius 1 is 0.943 bits per heavy atom. The molecule has 35 heavy (non-hydrogen) atoms. The second kappa shape index (κ2) is 10.4. The Morgan fingerprint density at radius 3 is 2.26 bits per heavy atom. The van der Waals surface area contributed by atoms with Crippen LogP contribution in [0.5, 0.6) is 5.75 Å². The second-order valence-electron chi connectivity index (χ2n) is 8.46. The van der Waals surface area contributed by atoms with Crippen molar-refractivity contribution in [2.24, 2.45) is 0 Å². The summed E-state index contributed by atoms with van der Waals surface area (Å²) in [6.45, 7) is 6.83. The van der Waals surface area contributed by atoms with Gasteiger partial charge in [0.05, 0.1) is 4.90 Å². The lowest BCUT2D eigenvalue weighted by Gasteiger charge is -2.37. The molecule has 4 rings (SSSR count). The molecule has 3 aromatic rings. The molecule has 9 heteroatoms. The van der Waals surface area contributed by atoms with E-state index >= 15 is 0 Å². The number of ether oxygens (including phenoxy) is 1.